The molecular formula is C38H48N4O4. The molecule has 7 rings (SSSR count). The number of piperidine rings is 1. The number of aryl methyl sites for hydroxylation is 2. The van der Waals surface area contributed by atoms with Gasteiger partial charge in [0, 0.05) is 37.0 Å². The number of hydrogen-bond donors (Lipinski definition) is 0. The lowest BCUT2D eigenvalue weighted by Gasteiger charge is -2.41. The number of nitrogens with zero attached hydrogens (tertiary/aromatic N) is 4. The molecule has 8 heteroatoms. The van der Waals surface area contributed by atoms with Crippen LogP contribution in [-0.2, 0) is 25.4 Å². The lowest BCUT2D eigenvalue weighted by atomic mass is 9.81. The molecule has 3 aliphatic rings. The van der Waals surface area contributed by atoms with Gasteiger partial charge in [-0.3, -0.25) is 0 Å². The maximum absolute atomic E-state index is 13.4. The Balaban J connectivity index is 1.53. The van der Waals surface area contributed by atoms with Crippen LogP contribution in [0.1, 0.15) is 82.7 Å². The predicted octanol–water partition coefficient (Wildman–Crippen LogP) is 7.75. The van der Waals surface area contributed by atoms with Crippen molar-refractivity contribution in [2.45, 2.75) is 84.8 Å². The molecule has 0 radical (unpaired) electrons. The van der Waals surface area contributed by atoms with Crippen molar-refractivity contribution in [1.29, 1.82) is 0 Å². The molecule has 1 unspecified atom stereocenters. The van der Waals surface area contributed by atoms with E-state index in [1.807, 2.05) is 38.3 Å². The molecule has 46 heavy (non-hydrogen) atoms. The van der Waals surface area contributed by atoms with Crippen LogP contribution in [0.3, 0.4) is 0 Å². The quantitative estimate of drug-likeness (QED) is 0.216. The summed E-state index contributed by atoms with van der Waals surface area (Å²) in [6.07, 6.45) is 5.37. The molecule has 244 valence electrons. The Hall–Kier alpha value is -3.75. The molecule has 0 spiro atoms. The Morgan fingerprint density at radius 2 is 1.76 bits per heavy atom. The molecule has 1 saturated heterocycles. The number of methoxy groups -OCH3 is 1. The van der Waals surface area contributed by atoms with Gasteiger partial charge < -0.3 is 19.1 Å². The zero-order chi connectivity index (χ0) is 32.5. The van der Waals surface area contributed by atoms with Crippen LogP contribution in [0.2, 0.25) is 0 Å². The molecule has 1 atom stereocenters. The van der Waals surface area contributed by atoms with E-state index < -0.39 is 17.7 Å². The van der Waals surface area contributed by atoms with Gasteiger partial charge in [0.15, 0.2) is 11.8 Å². The molecule has 8 nitrogen and oxygen atoms in total. The van der Waals surface area contributed by atoms with Gasteiger partial charge >= 0.3 is 5.97 Å². The SMILES string of the molecule is COC(=O)C(OC(C)(C)C)c1c(C)nc2cc3nn2c1N1CCC(C)(CC1)COCCCCCc1ccccc1-c1cccc-3c1. The first-order valence-corrected chi connectivity index (χ1v) is 16.7. The first-order valence-electron chi connectivity index (χ1n) is 16.7. The van der Waals surface area contributed by atoms with E-state index in [1.54, 1.807) is 0 Å². The largest absolute Gasteiger partial charge is 0.467 e. The van der Waals surface area contributed by atoms with Gasteiger partial charge in [0.25, 0.3) is 0 Å². The van der Waals surface area contributed by atoms with Gasteiger partial charge in [0.05, 0.1) is 30.6 Å². The predicted molar refractivity (Wildman–Crippen MR) is 182 cm³/mol. The third-order valence-electron chi connectivity index (χ3n) is 9.40. The van der Waals surface area contributed by atoms with E-state index in [4.69, 9.17) is 24.3 Å². The fraction of sp³-hybridized carbons (Fsp3) is 0.500. The molecule has 0 amide bonds. The van der Waals surface area contributed by atoms with Crippen LogP contribution in [0, 0.1) is 12.3 Å². The van der Waals surface area contributed by atoms with Gasteiger partial charge in [-0.1, -0.05) is 55.8 Å². The van der Waals surface area contributed by atoms with E-state index in [2.05, 4.69) is 60.4 Å². The first kappa shape index (κ1) is 32.2. The molecule has 0 saturated carbocycles. The van der Waals surface area contributed by atoms with Crippen LogP contribution in [0.15, 0.2) is 54.6 Å². The third kappa shape index (κ3) is 6.83. The molecule has 4 aromatic rings. The Morgan fingerprint density at radius 1 is 1.00 bits per heavy atom. The molecule has 0 aliphatic carbocycles. The van der Waals surface area contributed by atoms with Gasteiger partial charge in [0.2, 0.25) is 0 Å². The molecule has 0 N–H and O–H groups in total. The van der Waals surface area contributed by atoms with Crippen LogP contribution < -0.4 is 4.90 Å². The number of aromatic nitrogens is 3. The average Bonchev–Trinajstić information content (AvgIpc) is 3.46. The summed E-state index contributed by atoms with van der Waals surface area (Å²) in [5.74, 6) is 0.392. The number of anilines is 1. The number of rotatable bonds is 3. The summed E-state index contributed by atoms with van der Waals surface area (Å²) in [5, 5.41) is 5.19. The normalized spacial score (nSPS) is 17.9. The van der Waals surface area contributed by atoms with Crippen molar-refractivity contribution in [1.82, 2.24) is 14.6 Å². The number of fused-ring (bicyclic) bond motifs is 8. The van der Waals surface area contributed by atoms with Crippen molar-refractivity contribution >= 4 is 17.4 Å². The zero-order valence-electron chi connectivity index (χ0n) is 28.3. The zero-order valence-corrected chi connectivity index (χ0v) is 28.3. The number of carbonyl (C=O) groups excluding carboxylic acids is 1. The highest BCUT2D eigenvalue weighted by Crippen LogP contribution is 2.40. The van der Waals surface area contributed by atoms with E-state index in [-0.39, 0.29) is 5.41 Å². The Labute approximate surface area is 273 Å². The number of ether oxygens (including phenoxy) is 3. The second kappa shape index (κ2) is 13.2. The van der Waals surface area contributed by atoms with Crippen molar-refractivity contribution in [2.75, 3.05) is 38.3 Å². The monoisotopic (exact) mass is 624 g/mol. The third-order valence-corrected chi connectivity index (χ3v) is 9.40. The standard InChI is InChI=1S/C38H48N4O4/c1-26-33(34(36(43)44-6)46-37(2,3)4)35-41-20-18-38(5,19-21-41)25-45-22-11-7-8-13-27-14-9-10-17-30(27)28-15-12-16-29(23-28)31-24-32(39-26)42(35)40-31/h9-10,12,14-17,23-24,34H,7-8,11,13,18-22,25H2,1-6H3. The second-order valence-corrected chi connectivity index (χ2v) is 14.3. The van der Waals surface area contributed by atoms with Crippen LogP contribution in [0.5, 0.6) is 0 Å². The van der Waals surface area contributed by atoms with E-state index in [9.17, 15) is 4.79 Å². The molecular weight excluding hydrogens is 576 g/mol. The average molecular weight is 625 g/mol. The minimum atomic E-state index is -0.952. The molecule has 3 aliphatic heterocycles. The van der Waals surface area contributed by atoms with E-state index >= 15 is 0 Å². The highest BCUT2D eigenvalue weighted by atomic mass is 16.6. The Bertz CT molecular complexity index is 1700. The maximum Gasteiger partial charge on any atom is 0.339 e. The van der Waals surface area contributed by atoms with Gasteiger partial charge in [-0.05, 0) is 88.0 Å². The maximum atomic E-state index is 13.4. The first-order chi connectivity index (χ1) is 22.0. The summed E-state index contributed by atoms with van der Waals surface area (Å²) in [6, 6.07) is 19.4. The minimum Gasteiger partial charge on any atom is -0.467 e. The van der Waals surface area contributed by atoms with Crippen LogP contribution in [0.4, 0.5) is 5.82 Å². The van der Waals surface area contributed by atoms with Gasteiger partial charge in [-0.2, -0.15) is 9.61 Å². The van der Waals surface area contributed by atoms with Crippen LogP contribution >= 0.6 is 0 Å². The summed E-state index contributed by atoms with van der Waals surface area (Å²) >= 11 is 0. The number of benzene rings is 2. The topological polar surface area (TPSA) is 78.2 Å². The lowest BCUT2D eigenvalue weighted by Crippen LogP contribution is -2.43. The van der Waals surface area contributed by atoms with Crippen molar-refractivity contribution in [2.24, 2.45) is 5.41 Å². The van der Waals surface area contributed by atoms with Crippen molar-refractivity contribution < 1.29 is 19.0 Å². The van der Waals surface area contributed by atoms with E-state index in [0.717, 1.165) is 93.2 Å². The number of hydrogen-bond acceptors (Lipinski definition) is 7. The molecule has 6 bridgehead atoms. The van der Waals surface area contributed by atoms with Gasteiger partial charge in [-0.15, -0.1) is 0 Å². The molecule has 2 aromatic heterocycles. The van der Waals surface area contributed by atoms with Crippen LogP contribution in [0.25, 0.3) is 28.0 Å². The smallest absolute Gasteiger partial charge is 0.339 e. The highest BCUT2D eigenvalue weighted by molar-refractivity contribution is 5.81. The van der Waals surface area contributed by atoms with Gasteiger partial charge in [0.1, 0.15) is 5.82 Å². The fourth-order valence-corrected chi connectivity index (χ4v) is 6.84. The van der Waals surface area contributed by atoms with Crippen LogP contribution in [-0.4, -0.2) is 59.6 Å². The van der Waals surface area contributed by atoms with Crippen molar-refractivity contribution in [3.05, 3.63) is 71.4 Å². The second-order valence-electron chi connectivity index (χ2n) is 14.3. The van der Waals surface area contributed by atoms with E-state index in [0.29, 0.717) is 5.56 Å². The summed E-state index contributed by atoms with van der Waals surface area (Å²) in [4.78, 5) is 20.7. The molecule has 5 heterocycles. The molecule has 1 fully saturated rings. The van der Waals surface area contributed by atoms with E-state index in [1.165, 1.54) is 23.8 Å². The summed E-state index contributed by atoms with van der Waals surface area (Å²) in [5.41, 5.74) is 7.30. The highest BCUT2D eigenvalue weighted by Gasteiger charge is 2.38. The fourth-order valence-electron chi connectivity index (χ4n) is 6.84. The number of esters is 1. The Kier molecular flexibility index (Phi) is 9.22. The summed E-state index contributed by atoms with van der Waals surface area (Å²) in [7, 11) is 1.41. The van der Waals surface area contributed by atoms with Crippen molar-refractivity contribution in [3.63, 3.8) is 0 Å². The lowest BCUT2D eigenvalue weighted by molar-refractivity contribution is -0.164. The van der Waals surface area contributed by atoms with Crippen molar-refractivity contribution in [3.8, 4) is 22.4 Å². The molecule has 2 aromatic carbocycles. The summed E-state index contributed by atoms with van der Waals surface area (Å²) < 4.78 is 19.9. The summed E-state index contributed by atoms with van der Waals surface area (Å²) in [6.45, 7) is 13.3. The minimum absolute atomic E-state index is 0.0804. The van der Waals surface area contributed by atoms with Gasteiger partial charge in [-0.25, -0.2) is 9.78 Å². The Morgan fingerprint density at radius 3 is 2.52 bits per heavy atom. The number of carbonyl (C=O) groups is 1.